The van der Waals surface area contributed by atoms with E-state index >= 15 is 0 Å². The summed E-state index contributed by atoms with van der Waals surface area (Å²) < 4.78 is 2.36. The molecule has 0 aromatic carbocycles. The van der Waals surface area contributed by atoms with Gasteiger partial charge < -0.3 is 0 Å². The lowest BCUT2D eigenvalue weighted by Gasteiger charge is -2.01. The molecule has 0 saturated heterocycles. The Morgan fingerprint density at radius 2 is 1.14 bits per heavy atom. The van der Waals surface area contributed by atoms with Crippen LogP contribution in [0.5, 0.6) is 0 Å². The van der Waals surface area contributed by atoms with Crippen molar-refractivity contribution in [2.24, 2.45) is 0 Å². The van der Waals surface area contributed by atoms with Gasteiger partial charge in [0.15, 0.2) is 8.68 Å². The van der Waals surface area contributed by atoms with Crippen LogP contribution in [0.15, 0.2) is 31.8 Å². The highest BCUT2D eigenvalue weighted by atomic mass is 33.1. The lowest BCUT2D eigenvalue weighted by atomic mass is 10.1. The lowest BCUT2D eigenvalue weighted by molar-refractivity contribution is 0.630. The van der Waals surface area contributed by atoms with Gasteiger partial charge in [-0.1, -0.05) is 47.3 Å². The van der Waals surface area contributed by atoms with E-state index in [2.05, 4.69) is 9.97 Å². The van der Waals surface area contributed by atoms with Gasteiger partial charge in [-0.2, -0.15) is 0 Å². The van der Waals surface area contributed by atoms with Crippen molar-refractivity contribution in [1.82, 2.24) is 9.97 Å². The molecule has 0 bridgehead atoms. The molecule has 0 saturated carbocycles. The van der Waals surface area contributed by atoms with Gasteiger partial charge in [0.25, 0.3) is 0 Å². The van der Waals surface area contributed by atoms with E-state index in [0.29, 0.717) is 0 Å². The number of hydrogen-bond donors (Lipinski definition) is 0. The van der Waals surface area contributed by atoms with E-state index in [1.807, 2.05) is 66.3 Å². The Morgan fingerprint density at radius 3 is 1.55 bits per heavy atom. The largest absolute Gasteiger partial charge is 0.237 e. The molecule has 0 atom stereocenters. The van der Waals surface area contributed by atoms with Gasteiger partial charge in [0.05, 0.1) is 0 Å². The maximum Gasteiger partial charge on any atom is 0.160 e. The van der Waals surface area contributed by atoms with Crippen molar-refractivity contribution >= 4 is 65.8 Å². The Balaban J connectivity index is 1.29. The molecule has 2 rings (SSSR count). The molecule has 0 amide bonds. The van der Waals surface area contributed by atoms with E-state index in [-0.39, 0.29) is 0 Å². The van der Waals surface area contributed by atoms with Crippen molar-refractivity contribution < 1.29 is 0 Å². The quantitative estimate of drug-likeness (QED) is 0.258. The molecule has 0 aliphatic rings. The van der Waals surface area contributed by atoms with Gasteiger partial charge in [0, 0.05) is 34.7 Å². The maximum absolute atomic E-state index is 4.27. The topological polar surface area (TPSA) is 25.8 Å². The highest BCUT2D eigenvalue weighted by Crippen LogP contribution is 2.33. The van der Waals surface area contributed by atoms with E-state index in [1.165, 1.54) is 58.7 Å². The summed E-state index contributed by atoms with van der Waals surface area (Å²) >= 11 is 3.45. The van der Waals surface area contributed by atoms with Gasteiger partial charge in [-0.15, -0.1) is 22.7 Å². The molecule has 0 aliphatic heterocycles. The van der Waals surface area contributed by atoms with Gasteiger partial charge in [-0.3, -0.25) is 0 Å². The molecule has 0 fully saturated rings. The van der Waals surface area contributed by atoms with Crippen LogP contribution in [0.2, 0.25) is 0 Å². The van der Waals surface area contributed by atoms with Crippen molar-refractivity contribution in [2.45, 2.75) is 47.2 Å². The summed E-state index contributed by atoms with van der Waals surface area (Å²) in [4.78, 5) is 8.54. The van der Waals surface area contributed by atoms with E-state index in [9.17, 15) is 0 Å². The second-order valence-corrected chi connectivity index (χ2v) is 11.6. The van der Waals surface area contributed by atoms with Gasteiger partial charge in [0.1, 0.15) is 0 Å². The van der Waals surface area contributed by atoms with E-state index < -0.39 is 0 Å². The van der Waals surface area contributed by atoms with Crippen LogP contribution in [0.25, 0.3) is 0 Å². The molecular formula is C14H20N2S6. The van der Waals surface area contributed by atoms with Crippen LogP contribution < -0.4 is 0 Å². The molecule has 0 unspecified atom stereocenters. The SMILES string of the molecule is c1csc(SSCCCCCCCCSSc2nccs2)n1. The monoisotopic (exact) mass is 408 g/mol. The fraction of sp³-hybridized carbons (Fsp3) is 0.571. The first-order valence-corrected chi connectivity index (χ1v) is 13.7. The number of thiazole rings is 2. The Bertz CT molecular complexity index is 415. The Hall–Kier alpha value is 0.660. The molecule has 22 heavy (non-hydrogen) atoms. The van der Waals surface area contributed by atoms with E-state index in [1.54, 1.807) is 22.7 Å². The first-order chi connectivity index (χ1) is 10.9. The zero-order valence-corrected chi connectivity index (χ0v) is 17.2. The fourth-order valence-corrected chi connectivity index (χ4v) is 7.95. The van der Waals surface area contributed by atoms with Gasteiger partial charge in [0.2, 0.25) is 0 Å². The fourth-order valence-electron chi connectivity index (χ4n) is 1.72. The lowest BCUT2D eigenvalue weighted by Crippen LogP contribution is -1.83. The second kappa shape index (κ2) is 13.0. The third-order valence-corrected chi connectivity index (χ3v) is 9.92. The minimum Gasteiger partial charge on any atom is -0.237 e. The Morgan fingerprint density at radius 1 is 0.682 bits per heavy atom. The van der Waals surface area contributed by atoms with Crippen LogP contribution in [-0.2, 0) is 0 Å². The average Bonchev–Trinajstić information content (AvgIpc) is 3.21. The van der Waals surface area contributed by atoms with E-state index in [0.717, 1.165) is 0 Å². The predicted octanol–water partition coefficient (Wildman–Crippen LogP) is 7.12. The summed E-state index contributed by atoms with van der Waals surface area (Å²) in [6.45, 7) is 0. The van der Waals surface area contributed by atoms with Gasteiger partial charge in [-0.05, 0) is 34.4 Å². The van der Waals surface area contributed by atoms with Crippen LogP contribution in [0.3, 0.4) is 0 Å². The Labute approximate surface area is 156 Å². The molecule has 2 nitrogen and oxygen atoms in total. The number of aromatic nitrogens is 2. The average molecular weight is 409 g/mol. The van der Waals surface area contributed by atoms with Crippen molar-refractivity contribution in [3.05, 3.63) is 23.2 Å². The smallest absolute Gasteiger partial charge is 0.160 e. The molecule has 0 spiro atoms. The van der Waals surface area contributed by atoms with Gasteiger partial charge >= 0.3 is 0 Å². The normalized spacial score (nSPS) is 11.1. The van der Waals surface area contributed by atoms with Crippen molar-refractivity contribution in [3.8, 4) is 0 Å². The molecule has 8 heteroatoms. The first-order valence-electron chi connectivity index (χ1n) is 7.33. The van der Waals surface area contributed by atoms with Gasteiger partial charge in [-0.25, -0.2) is 9.97 Å². The Kier molecular flexibility index (Phi) is 11.2. The molecule has 0 aliphatic carbocycles. The summed E-state index contributed by atoms with van der Waals surface area (Å²) in [5.41, 5.74) is 0. The summed E-state index contributed by atoms with van der Waals surface area (Å²) in [5.74, 6) is 2.48. The van der Waals surface area contributed by atoms with Crippen LogP contribution in [0, 0.1) is 0 Å². The first kappa shape index (κ1) is 19.0. The maximum atomic E-state index is 4.27. The highest BCUT2D eigenvalue weighted by Gasteiger charge is 1.98. The molecule has 2 aromatic heterocycles. The molecule has 0 N–H and O–H groups in total. The van der Waals surface area contributed by atoms with Crippen LogP contribution in [-0.4, -0.2) is 21.5 Å². The third-order valence-electron chi connectivity index (χ3n) is 2.79. The number of hydrogen-bond acceptors (Lipinski definition) is 8. The minimum atomic E-state index is 1.18. The molecule has 2 aromatic rings. The number of rotatable bonds is 13. The van der Waals surface area contributed by atoms with Crippen LogP contribution in [0.4, 0.5) is 0 Å². The third kappa shape index (κ3) is 9.08. The molecule has 2 heterocycles. The summed E-state index contributed by atoms with van der Waals surface area (Å²) in [6, 6.07) is 0. The summed E-state index contributed by atoms with van der Waals surface area (Å²) in [5, 5.41) is 4.08. The molecule has 122 valence electrons. The van der Waals surface area contributed by atoms with Crippen LogP contribution in [0.1, 0.15) is 38.5 Å². The number of unbranched alkanes of at least 4 members (excludes halogenated alkanes) is 5. The highest BCUT2D eigenvalue weighted by molar-refractivity contribution is 8.77. The van der Waals surface area contributed by atoms with Crippen molar-refractivity contribution in [3.63, 3.8) is 0 Å². The molecular weight excluding hydrogens is 389 g/mol. The zero-order chi connectivity index (χ0) is 15.3. The predicted molar refractivity (Wildman–Crippen MR) is 109 cm³/mol. The summed E-state index contributed by atoms with van der Waals surface area (Å²) in [6.07, 6.45) is 11.9. The molecule has 0 radical (unpaired) electrons. The van der Waals surface area contributed by atoms with E-state index in [4.69, 9.17) is 0 Å². The van der Waals surface area contributed by atoms with Crippen molar-refractivity contribution in [2.75, 3.05) is 11.5 Å². The number of nitrogens with zero attached hydrogens (tertiary/aromatic N) is 2. The standard InChI is InChI=1S/C14H20N2S6/c1(3-5-9-19-21-13-15-7-11-17-13)2-4-6-10-20-22-14-16-8-12-18-14/h7-8,11-12H,1-6,9-10H2. The second-order valence-electron chi connectivity index (χ2n) is 4.53. The van der Waals surface area contributed by atoms with Crippen molar-refractivity contribution in [1.29, 1.82) is 0 Å². The minimum absolute atomic E-state index is 1.18. The zero-order valence-electron chi connectivity index (χ0n) is 12.3. The summed E-state index contributed by atoms with van der Waals surface area (Å²) in [7, 11) is 7.51. The van der Waals surface area contributed by atoms with Crippen LogP contribution >= 0.6 is 65.8 Å².